The molecule has 1 aliphatic heterocycles. The van der Waals surface area contributed by atoms with Crippen LogP contribution in [0.3, 0.4) is 0 Å². The number of methoxy groups -OCH3 is 1. The number of anilines is 1. The Morgan fingerprint density at radius 3 is 2.48 bits per heavy atom. The van der Waals surface area contributed by atoms with Gasteiger partial charge < -0.3 is 9.84 Å². The van der Waals surface area contributed by atoms with Crippen molar-refractivity contribution >= 4 is 17.4 Å². The molecule has 140 valence electrons. The van der Waals surface area contributed by atoms with Crippen LogP contribution in [0.1, 0.15) is 32.0 Å². The molecule has 6 heteroatoms. The van der Waals surface area contributed by atoms with Gasteiger partial charge in [-0.1, -0.05) is 19.9 Å². The van der Waals surface area contributed by atoms with Gasteiger partial charge in [-0.3, -0.25) is 19.5 Å². The van der Waals surface area contributed by atoms with Gasteiger partial charge in [-0.2, -0.15) is 0 Å². The minimum atomic E-state index is -0.765. The Labute approximate surface area is 158 Å². The first kappa shape index (κ1) is 18.6. The molecule has 1 unspecified atom stereocenters. The molecule has 27 heavy (non-hydrogen) atoms. The topological polar surface area (TPSA) is 79.7 Å². The summed E-state index contributed by atoms with van der Waals surface area (Å²) in [5.41, 5.74) is 1.18. The molecule has 0 fully saturated rings. The van der Waals surface area contributed by atoms with Gasteiger partial charge >= 0.3 is 0 Å². The first-order valence-electron chi connectivity index (χ1n) is 8.79. The molecule has 1 N–H and O–H groups in total. The summed E-state index contributed by atoms with van der Waals surface area (Å²) >= 11 is 0. The monoisotopic (exact) mass is 366 g/mol. The Morgan fingerprint density at radius 1 is 1.22 bits per heavy atom. The van der Waals surface area contributed by atoms with E-state index in [0.29, 0.717) is 17.1 Å². The van der Waals surface area contributed by atoms with Gasteiger partial charge in [0.2, 0.25) is 0 Å². The van der Waals surface area contributed by atoms with Crippen molar-refractivity contribution in [2.45, 2.75) is 26.3 Å². The summed E-state index contributed by atoms with van der Waals surface area (Å²) in [6.07, 6.45) is 1.85. The Bertz CT molecular complexity index is 873. The molecule has 0 saturated carbocycles. The summed E-state index contributed by atoms with van der Waals surface area (Å²) in [4.78, 5) is 31.4. The number of nitrogens with zero attached hydrogens (tertiary/aromatic N) is 2. The second-order valence-corrected chi connectivity index (χ2v) is 6.81. The van der Waals surface area contributed by atoms with Crippen LogP contribution in [-0.4, -0.2) is 28.9 Å². The number of hydrogen-bond acceptors (Lipinski definition) is 5. The van der Waals surface area contributed by atoms with Crippen LogP contribution in [0.4, 0.5) is 5.69 Å². The molecule has 2 heterocycles. The molecular weight excluding hydrogens is 344 g/mol. The van der Waals surface area contributed by atoms with Gasteiger partial charge in [-0.25, -0.2) is 0 Å². The number of rotatable bonds is 6. The van der Waals surface area contributed by atoms with Crippen LogP contribution < -0.4 is 9.64 Å². The van der Waals surface area contributed by atoms with E-state index in [1.54, 1.807) is 55.8 Å². The highest BCUT2D eigenvalue weighted by Crippen LogP contribution is 2.41. The van der Waals surface area contributed by atoms with E-state index < -0.39 is 17.7 Å². The molecule has 0 radical (unpaired) electrons. The van der Waals surface area contributed by atoms with E-state index >= 15 is 0 Å². The summed E-state index contributed by atoms with van der Waals surface area (Å²) in [5.74, 6) is -0.613. The number of aliphatic hydroxyl groups excluding tert-OH is 1. The average Bonchev–Trinajstić information content (AvgIpc) is 2.93. The third-order valence-corrected chi connectivity index (χ3v) is 4.42. The molecule has 1 amide bonds. The van der Waals surface area contributed by atoms with Gasteiger partial charge in [-0.15, -0.1) is 0 Å². The van der Waals surface area contributed by atoms with Crippen LogP contribution in [0, 0.1) is 5.92 Å². The van der Waals surface area contributed by atoms with Crippen molar-refractivity contribution in [1.82, 2.24) is 4.98 Å². The lowest BCUT2D eigenvalue weighted by Gasteiger charge is -2.26. The van der Waals surface area contributed by atoms with Gasteiger partial charge in [0.1, 0.15) is 11.8 Å². The SMILES string of the molecule is COc1ccc(N2C(=O)C(O)=C(C(=O)CC(C)C)C2c2ccccn2)cc1. The molecule has 0 bridgehead atoms. The van der Waals surface area contributed by atoms with E-state index in [4.69, 9.17) is 4.74 Å². The standard InChI is InChI=1S/C21H22N2O4/c1-13(2)12-17(24)18-19(16-6-4-5-11-22-16)23(21(26)20(18)25)14-7-9-15(27-3)10-8-14/h4-11,13,19,25H,12H2,1-3H3. The predicted molar refractivity (Wildman–Crippen MR) is 102 cm³/mol. The number of aliphatic hydroxyl groups is 1. The largest absolute Gasteiger partial charge is 0.503 e. The first-order chi connectivity index (χ1) is 12.9. The number of aromatic nitrogens is 1. The minimum Gasteiger partial charge on any atom is -0.503 e. The lowest BCUT2D eigenvalue weighted by molar-refractivity contribution is -0.118. The van der Waals surface area contributed by atoms with Crippen molar-refractivity contribution < 1.29 is 19.4 Å². The summed E-state index contributed by atoms with van der Waals surface area (Å²) in [6.45, 7) is 3.84. The van der Waals surface area contributed by atoms with Crippen LogP contribution in [0.5, 0.6) is 5.75 Å². The normalized spacial score (nSPS) is 17.0. The summed E-state index contributed by atoms with van der Waals surface area (Å²) in [5, 5.41) is 10.5. The van der Waals surface area contributed by atoms with E-state index in [1.807, 2.05) is 13.8 Å². The molecule has 1 aliphatic rings. The molecular formula is C21H22N2O4. The van der Waals surface area contributed by atoms with Gasteiger partial charge in [0.05, 0.1) is 18.4 Å². The van der Waals surface area contributed by atoms with Gasteiger partial charge in [0.25, 0.3) is 5.91 Å². The third-order valence-electron chi connectivity index (χ3n) is 4.42. The molecule has 0 saturated heterocycles. The fraction of sp³-hybridized carbons (Fsp3) is 0.286. The first-order valence-corrected chi connectivity index (χ1v) is 8.79. The van der Waals surface area contributed by atoms with Gasteiger partial charge in [0.15, 0.2) is 11.5 Å². The Balaban J connectivity index is 2.10. The van der Waals surface area contributed by atoms with E-state index in [9.17, 15) is 14.7 Å². The predicted octanol–water partition coefficient (Wildman–Crippen LogP) is 3.61. The molecule has 1 atom stereocenters. The Kier molecular flexibility index (Phi) is 5.26. The number of Topliss-reactive ketones (excluding diaryl/α,β-unsaturated/α-hetero) is 1. The number of carbonyl (C=O) groups is 2. The second kappa shape index (κ2) is 7.61. The molecule has 2 aromatic rings. The maximum absolute atomic E-state index is 12.9. The Morgan fingerprint density at radius 2 is 1.93 bits per heavy atom. The van der Waals surface area contributed by atoms with Crippen LogP contribution in [0.15, 0.2) is 60.0 Å². The van der Waals surface area contributed by atoms with E-state index in [2.05, 4.69) is 4.98 Å². The van der Waals surface area contributed by atoms with Crippen molar-refractivity contribution in [3.63, 3.8) is 0 Å². The highest BCUT2D eigenvalue weighted by Gasteiger charge is 2.44. The maximum Gasteiger partial charge on any atom is 0.294 e. The van der Waals surface area contributed by atoms with Crippen molar-refractivity contribution in [3.8, 4) is 5.75 Å². The lowest BCUT2D eigenvalue weighted by Crippen LogP contribution is -2.31. The van der Waals surface area contributed by atoms with Crippen molar-refractivity contribution in [1.29, 1.82) is 0 Å². The van der Waals surface area contributed by atoms with Crippen LogP contribution >= 0.6 is 0 Å². The van der Waals surface area contributed by atoms with Crippen LogP contribution in [-0.2, 0) is 9.59 Å². The van der Waals surface area contributed by atoms with Crippen LogP contribution in [0.25, 0.3) is 0 Å². The van der Waals surface area contributed by atoms with Gasteiger partial charge in [-0.05, 0) is 42.3 Å². The molecule has 6 nitrogen and oxygen atoms in total. The maximum atomic E-state index is 12.9. The number of pyridine rings is 1. The average molecular weight is 366 g/mol. The number of carbonyl (C=O) groups excluding carboxylic acids is 2. The molecule has 1 aromatic carbocycles. The molecule has 1 aromatic heterocycles. The highest BCUT2D eigenvalue weighted by atomic mass is 16.5. The molecule has 0 aliphatic carbocycles. The molecule has 3 rings (SSSR count). The number of hydrogen-bond donors (Lipinski definition) is 1. The quantitative estimate of drug-likeness (QED) is 0.845. The zero-order valence-electron chi connectivity index (χ0n) is 15.5. The summed E-state index contributed by atoms with van der Waals surface area (Å²) in [7, 11) is 1.56. The zero-order valence-corrected chi connectivity index (χ0v) is 15.5. The minimum absolute atomic E-state index is 0.100. The smallest absolute Gasteiger partial charge is 0.294 e. The number of ether oxygens (including phenoxy) is 1. The van der Waals surface area contributed by atoms with Crippen molar-refractivity contribution in [2.75, 3.05) is 12.0 Å². The summed E-state index contributed by atoms with van der Waals surface area (Å²) < 4.78 is 5.16. The highest BCUT2D eigenvalue weighted by molar-refractivity contribution is 6.16. The third kappa shape index (κ3) is 3.56. The number of ketones is 1. The zero-order chi connectivity index (χ0) is 19.6. The Hall–Kier alpha value is -3.15. The van der Waals surface area contributed by atoms with E-state index in [0.717, 1.165) is 0 Å². The van der Waals surface area contributed by atoms with Crippen molar-refractivity contribution in [2.24, 2.45) is 5.92 Å². The summed E-state index contributed by atoms with van der Waals surface area (Å²) in [6, 6.07) is 11.4. The fourth-order valence-electron chi connectivity index (χ4n) is 3.20. The van der Waals surface area contributed by atoms with E-state index in [1.165, 1.54) is 4.90 Å². The number of benzene rings is 1. The fourth-order valence-corrected chi connectivity index (χ4v) is 3.20. The van der Waals surface area contributed by atoms with Gasteiger partial charge in [0, 0.05) is 18.3 Å². The van der Waals surface area contributed by atoms with Crippen molar-refractivity contribution in [3.05, 3.63) is 65.7 Å². The van der Waals surface area contributed by atoms with E-state index in [-0.39, 0.29) is 23.7 Å². The number of amides is 1. The van der Waals surface area contributed by atoms with Crippen LogP contribution in [0.2, 0.25) is 0 Å². The molecule has 0 spiro atoms. The second-order valence-electron chi connectivity index (χ2n) is 6.81. The lowest BCUT2D eigenvalue weighted by atomic mass is 9.94.